The lowest BCUT2D eigenvalue weighted by Crippen LogP contribution is -2.07. The average molecular weight is 327 g/mol. The first-order chi connectivity index (χ1) is 11.2. The summed E-state index contributed by atoms with van der Waals surface area (Å²) in [6.07, 6.45) is 4.53. The Morgan fingerprint density at radius 2 is 2.13 bits per heavy atom. The van der Waals surface area contributed by atoms with Gasteiger partial charge in [-0.15, -0.1) is 11.3 Å². The molecule has 1 amide bonds. The summed E-state index contributed by atoms with van der Waals surface area (Å²) >= 11 is 1.35. The minimum Gasteiger partial charge on any atom is -0.465 e. The third kappa shape index (κ3) is 3.49. The molecule has 0 saturated heterocycles. The van der Waals surface area contributed by atoms with Crippen molar-refractivity contribution in [2.24, 2.45) is 0 Å². The number of hydrogen-bond acceptors (Lipinski definition) is 5. The highest BCUT2D eigenvalue weighted by Gasteiger charge is 2.10. The van der Waals surface area contributed by atoms with Gasteiger partial charge >= 0.3 is 5.97 Å². The fourth-order valence-corrected chi connectivity index (χ4v) is 3.01. The van der Waals surface area contributed by atoms with Crippen molar-refractivity contribution in [3.63, 3.8) is 0 Å². The molecule has 6 heteroatoms. The van der Waals surface area contributed by atoms with Gasteiger partial charge < -0.3 is 14.5 Å². The second kappa shape index (κ2) is 6.50. The molecule has 5 nitrogen and oxygen atoms in total. The van der Waals surface area contributed by atoms with E-state index >= 15 is 0 Å². The van der Waals surface area contributed by atoms with Gasteiger partial charge in [0.05, 0.1) is 13.4 Å². The van der Waals surface area contributed by atoms with Crippen LogP contribution in [0.2, 0.25) is 0 Å². The molecule has 0 radical (unpaired) electrons. The zero-order valence-corrected chi connectivity index (χ0v) is 13.1. The first kappa shape index (κ1) is 15.1. The maximum atomic E-state index is 11.9. The molecule has 1 N–H and O–H groups in total. The molecule has 0 aliphatic rings. The summed E-state index contributed by atoms with van der Waals surface area (Å²) in [7, 11) is 1.35. The predicted molar refractivity (Wildman–Crippen MR) is 89.5 cm³/mol. The van der Waals surface area contributed by atoms with E-state index < -0.39 is 0 Å². The average Bonchev–Trinajstić information content (AvgIpc) is 3.21. The van der Waals surface area contributed by atoms with Gasteiger partial charge in [0.15, 0.2) is 0 Å². The lowest BCUT2D eigenvalue weighted by molar-refractivity contribution is -0.111. The second-order valence-corrected chi connectivity index (χ2v) is 5.78. The van der Waals surface area contributed by atoms with Crippen LogP contribution in [-0.4, -0.2) is 19.0 Å². The topological polar surface area (TPSA) is 68.5 Å². The standard InChI is InChI=1S/C17H13NO4S/c1-21-17(20)15-10-11-9-12(4-6-14(11)23-15)18-16(19)7-5-13-3-2-8-22-13/h2-10H,1H3,(H,18,19)/b7-5+. The van der Waals surface area contributed by atoms with Gasteiger partial charge in [0, 0.05) is 16.5 Å². The number of anilines is 1. The number of methoxy groups -OCH3 is 1. The zero-order chi connectivity index (χ0) is 16.2. The molecular weight excluding hydrogens is 314 g/mol. The molecule has 3 rings (SSSR count). The van der Waals surface area contributed by atoms with E-state index in [-0.39, 0.29) is 11.9 Å². The number of thiophene rings is 1. The summed E-state index contributed by atoms with van der Waals surface area (Å²) in [4.78, 5) is 24.0. The maximum absolute atomic E-state index is 11.9. The van der Waals surface area contributed by atoms with Gasteiger partial charge in [-0.05, 0) is 47.9 Å². The van der Waals surface area contributed by atoms with Crippen LogP contribution >= 0.6 is 11.3 Å². The van der Waals surface area contributed by atoms with Gasteiger partial charge in [-0.1, -0.05) is 0 Å². The van der Waals surface area contributed by atoms with Crippen LogP contribution in [0.15, 0.2) is 53.2 Å². The van der Waals surface area contributed by atoms with E-state index in [1.54, 1.807) is 36.6 Å². The molecule has 23 heavy (non-hydrogen) atoms. The van der Waals surface area contributed by atoms with Gasteiger partial charge in [-0.25, -0.2) is 4.79 Å². The van der Waals surface area contributed by atoms with Gasteiger partial charge in [-0.2, -0.15) is 0 Å². The van der Waals surface area contributed by atoms with Crippen LogP contribution in [0.3, 0.4) is 0 Å². The molecule has 0 aliphatic heterocycles. The summed E-state index contributed by atoms with van der Waals surface area (Å²) in [5, 5.41) is 3.65. The fourth-order valence-electron chi connectivity index (χ4n) is 2.05. The smallest absolute Gasteiger partial charge is 0.348 e. The first-order valence-corrected chi connectivity index (χ1v) is 7.62. The van der Waals surface area contributed by atoms with Crippen LogP contribution in [-0.2, 0) is 9.53 Å². The highest BCUT2D eigenvalue weighted by Crippen LogP contribution is 2.28. The third-order valence-corrected chi connectivity index (χ3v) is 4.21. The Balaban J connectivity index is 1.75. The van der Waals surface area contributed by atoms with Crippen LogP contribution in [0.1, 0.15) is 15.4 Å². The predicted octanol–water partition coefficient (Wildman–Crippen LogP) is 3.93. The number of nitrogens with one attached hydrogen (secondary N) is 1. The van der Waals surface area contributed by atoms with Gasteiger partial charge in [0.25, 0.3) is 0 Å². The molecule has 0 unspecified atom stereocenters. The monoisotopic (exact) mass is 327 g/mol. The Bertz CT molecular complexity index is 877. The van der Waals surface area contributed by atoms with E-state index in [1.165, 1.54) is 24.5 Å². The normalized spacial score (nSPS) is 11.0. The van der Waals surface area contributed by atoms with E-state index in [9.17, 15) is 9.59 Å². The van der Waals surface area contributed by atoms with Crippen molar-refractivity contribution >= 4 is 45.1 Å². The highest BCUT2D eigenvalue weighted by atomic mass is 32.1. The van der Waals surface area contributed by atoms with Gasteiger partial charge in [-0.3, -0.25) is 4.79 Å². The Kier molecular flexibility index (Phi) is 4.25. The Morgan fingerprint density at radius 3 is 2.87 bits per heavy atom. The van der Waals surface area contributed by atoms with E-state index in [1.807, 2.05) is 12.1 Å². The summed E-state index contributed by atoms with van der Waals surface area (Å²) in [5.41, 5.74) is 0.654. The number of ether oxygens (including phenoxy) is 1. The van der Waals surface area contributed by atoms with Crippen LogP contribution < -0.4 is 5.32 Å². The number of esters is 1. The van der Waals surface area contributed by atoms with Gasteiger partial charge in [0.1, 0.15) is 10.6 Å². The largest absolute Gasteiger partial charge is 0.465 e. The van der Waals surface area contributed by atoms with E-state index in [0.29, 0.717) is 16.3 Å². The van der Waals surface area contributed by atoms with Crippen molar-refractivity contribution in [1.29, 1.82) is 0 Å². The highest BCUT2D eigenvalue weighted by molar-refractivity contribution is 7.20. The van der Waals surface area contributed by atoms with Crippen molar-refractivity contribution < 1.29 is 18.7 Å². The Labute approximate surface area is 136 Å². The summed E-state index contributed by atoms with van der Waals surface area (Å²) in [6.45, 7) is 0. The molecule has 2 aromatic heterocycles. The van der Waals surface area contributed by atoms with Crippen LogP contribution in [0.5, 0.6) is 0 Å². The number of furan rings is 1. The number of benzene rings is 1. The van der Waals surface area contributed by atoms with Crippen molar-refractivity contribution in [1.82, 2.24) is 0 Å². The van der Waals surface area contributed by atoms with Crippen molar-refractivity contribution in [2.45, 2.75) is 0 Å². The van der Waals surface area contributed by atoms with Crippen molar-refractivity contribution in [2.75, 3.05) is 12.4 Å². The molecule has 1 aromatic carbocycles. The molecule has 0 aliphatic carbocycles. The fraction of sp³-hybridized carbons (Fsp3) is 0.0588. The molecule has 0 spiro atoms. The number of amides is 1. The van der Waals surface area contributed by atoms with Crippen LogP contribution in [0.25, 0.3) is 16.2 Å². The molecule has 0 atom stereocenters. The van der Waals surface area contributed by atoms with Crippen LogP contribution in [0, 0.1) is 0 Å². The number of carbonyl (C=O) groups excluding carboxylic acids is 2. The van der Waals surface area contributed by atoms with Crippen molar-refractivity contribution in [3.8, 4) is 0 Å². The summed E-state index contributed by atoms with van der Waals surface area (Å²) in [6, 6.07) is 10.7. The molecular formula is C17H13NO4S. The van der Waals surface area contributed by atoms with Crippen LogP contribution in [0.4, 0.5) is 5.69 Å². The first-order valence-electron chi connectivity index (χ1n) is 6.80. The van der Waals surface area contributed by atoms with E-state index in [0.717, 1.165) is 10.1 Å². The number of rotatable bonds is 4. The number of hydrogen-bond donors (Lipinski definition) is 1. The SMILES string of the molecule is COC(=O)c1cc2cc(NC(=O)/C=C/c3ccco3)ccc2s1. The molecule has 2 heterocycles. The third-order valence-electron chi connectivity index (χ3n) is 3.11. The number of carbonyl (C=O) groups is 2. The lowest BCUT2D eigenvalue weighted by atomic mass is 10.2. The zero-order valence-electron chi connectivity index (χ0n) is 12.2. The molecule has 0 fully saturated rings. The van der Waals surface area contributed by atoms with Crippen molar-refractivity contribution in [3.05, 3.63) is 59.4 Å². The summed E-state index contributed by atoms with van der Waals surface area (Å²) in [5.74, 6) is -0.0153. The molecule has 0 saturated carbocycles. The second-order valence-electron chi connectivity index (χ2n) is 4.69. The number of fused-ring (bicyclic) bond motifs is 1. The quantitative estimate of drug-likeness (QED) is 0.582. The molecule has 116 valence electrons. The molecule has 3 aromatic rings. The Morgan fingerprint density at radius 1 is 1.26 bits per heavy atom. The summed E-state index contributed by atoms with van der Waals surface area (Å²) < 4.78 is 10.8. The van der Waals surface area contributed by atoms with E-state index in [2.05, 4.69) is 5.32 Å². The minimum absolute atomic E-state index is 0.260. The Hall–Kier alpha value is -2.86. The van der Waals surface area contributed by atoms with E-state index in [4.69, 9.17) is 9.15 Å². The van der Waals surface area contributed by atoms with Gasteiger partial charge in [0.2, 0.25) is 5.91 Å². The molecule has 0 bridgehead atoms. The lowest BCUT2D eigenvalue weighted by Gasteiger charge is -2.01. The maximum Gasteiger partial charge on any atom is 0.348 e. The minimum atomic E-state index is -0.363.